The van der Waals surface area contributed by atoms with Gasteiger partial charge in [0.05, 0.1) is 17.9 Å². The maximum atomic E-state index is 12.4. The molecule has 1 heterocycles. The van der Waals surface area contributed by atoms with E-state index in [2.05, 4.69) is 20.0 Å². The Hall–Kier alpha value is -3.17. The normalized spacial score (nSPS) is 13.3. The Morgan fingerprint density at radius 1 is 1.16 bits per heavy atom. The summed E-state index contributed by atoms with van der Waals surface area (Å²) in [6.45, 7) is 5.40. The quantitative estimate of drug-likeness (QED) is 0.477. The van der Waals surface area contributed by atoms with Crippen molar-refractivity contribution in [2.24, 2.45) is 0 Å². The lowest BCUT2D eigenvalue weighted by atomic mass is 10.1. The van der Waals surface area contributed by atoms with E-state index >= 15 is 0 Å². The van der Waals surface area contributed by atoms with Crippen molar-refractivity contribution in [2.75, 3.05) is 4.72 Å². The first-order valence-corrected chi connectivity index (χ1v) is 10.8. The molecule has 3 rings (SSSR count). The maximum Gasteiger partial charge on any atom is 0.408 e. The molecule has 0 saturated heterocycles. The van der Waals surface area contributed by atoms with E-state index in [-0.39, 0.29) is 0 Å². The molecule has 164 valence electrons. The third kappa shape index (κ3) is 6.94. The van der Waals surface area contributed by atoms with E-state index in [0.29, 0.717) is 17.9 Å². The highest BCUT2D eigenvalue weighted by molar-refractivity contribution is 7.80. The largest absolute Gasteiger partial charge is 0.755 e. The van der Waals surface area contributed by atoms with Gasteiger partial charge in [0, 0.05) is 23.4 Å². The van der Waals surface area contributed by atoms with E-state index in [1.807, 2.05) is 30.3 Å². The molecular formula is C22H25N4O4S-. The number of H-pyrrole nitrogens is 1. The highest BCUT2D eigenvalue weighted by Crippen LogP contribution is 2.23. The summed E-state index contributed by atoms with van der Waals surface area (Å²) in [5, 5.41) is 2.88. The van der Waals surface area contributed by atoms with Gasteiger partial charge >= 0.3 is 6.09 Å². The van der Waals surface area contributed by atoms with Crippen molar-refractivity contribution >= 4 is 23.0 Å². The van der Waals surface area contributed by atoms with Gasteiger partial charge in [-0.3, -0.25) is 4.21 Å². The SMILES string of the molecule is CC(C)(C)OC(=O)N[C@@H](Cc1ccc(NS(=O)[O-])cc1)c1ncc(-c2ccccc2)[nH]1. The van der Waals surface area contributed by atoms with Crippen molar-refractivity contribution in [2.45, 2.75) is 38.8 Å². The fourth-order valence-electron chi connectivity index (χ4n) is 2.98. The number of imidazole rings is 1. The first kappa shape index (κ1) is 22.5. The van der Waals surface area contributed by atoms with Crippen LogP contribution in [0.2, 0.25) is 0 Å². The third-order valence-electron chi connectivity index (χ3n) is 4.30. The number of alkyl carbamates (subject to hydrolysis) is 1. The first-order chi connectivity index (χ1) is 14.7. The standard InChI is InChI=1S/C22H26N4O4S/c1-22(2,3)30-21(27)25-18(13-15-9-11-17(12-10-15)26-31(28)29)20-23-14-19(24-20)16-7-5-4-6-8-16/h4-12,14,18,26H,13H2,1-3H3,(H,23,24)(H,25,27)(H,28,29)/p-1/t18-/m0/s1. The van der Waals surface area contributed by atoms with Crippen LogP contribution in [0.5, 0.6) is 0 Å². The van der Waals surface area contributed by atoms with Crippen molar-refractivity contribution in [1.29, 1.82) is 0 Å². The number of carbonyl (C=O) groups is 1. The number of hydrogen-bond acceptors (Lipinski definition) is 5. The molecular weight excluding hydrogens is 416 g/mol. The van der Waals surface area contributed by atoms with Gasteiger partial charge in [0.25, 0.3) is 0 Å². The van der Waals surface area contributed by atoms with Crippen LogP contribution in [-0.2, 0) is 22.4 Å². The zero-order valence-corrected chi connectivity index (χ0v) is 18.4. The number of rotatable bonds is 7. The van der Waals surface area contributed by atoms with E-state index in [9.17, 15) is 13.6 Å². The molecule has 1 aromatic heterocycles. The van der Waals surface area contributed by atoms with E-state index < -0.39 is 29.0 Å². The Labute approximate surface area is 183 Å². The smallest absolute Gasteiger partial charge is 0.408 e. The van der Waals surface area contributed by atoms with Crippen molar-refractivity contribution in [1.82, 2.24) is 15.3 Å². The molecule has 0 aliphatic heterocycles. The molecule has 0 fully saturated rings. The van der Waals surface area contributed by atoms with Crippen molar-refractivity contribution in [3.63, 3.8) is 0 Å². The topological polar surface area (TPSA) is 119 Å². The number of hydrogen-bond donors (Lipinski definition) is 3. The van der Waals surface area contributed by atoms with Crippen LogP contribution in [0.25, 0.3) is 11.3 Å². The fraction of sp³-hybridized carbons (Fsp3) is 0.273. The first-order valence-electron chi connectivity index (χ1n) is 9.74. The molecule has 1 amide bonds. The third-order valence-corrected chi connectivity index (χ3v) is 4.70. The van der Waals surface area contributed by atoms with Gasteiger partial charge in [0.15, 0.2) is 0 Å². The molecule has 0 bridgehead atoms. The molecule has 9 heteroatoms. The second-order valence-corrected chi connectivity index (χ2v) is 8.66. The molecule has 3 aromatic rings. The number of aromatic amines is 1. The van der Waals surface area contributed by atoms with Crippen molar-refractivity contribution in [3.8, 4) is 11.3 Å². The Bertz CT molecular complexity index is 1030. The predicted octanol–water partition coefficient (Wildman–Crippen LogP) is 4.09. The Balaban J connectivity index is 1.82. The summed E-state index contributed by atoms with van der Waals surface area (Å²) in [5.41, 5.74) is 2.54. The van der Waals surface area contributed by atoms with Crippen LogP contribution in [0.3, 0.4) is 0 Å². The van der Waals surface area contributed by atoms with Gasteiger partial charge in [0.1, 0.15) is 11.4 Å². The summed E-state index contributed by atoms with van der Waals surface area (Å²) >= 11 is -2.39. The van der Waals surface area contributed by atoms with Gasteiger partial charge in [-0.2, -0.15) is 0 Å². The number of nitrogens with zero attached hydrogens (tertiary/aromatic N) is 1. The zero-order valence-electron chi connectivity index (χ0n) is 17.5. The van der Waals surface area contributed by atoms with E-state index in [1.165, 1.54) is 0 Å². The molecule has 0 saturated carbocycles. The van der Waals surface area contributed by atoms with Crippen LogP contribution in [0.1, 0.15) is 38.2 Å². The number of amides is 1. The summed E-state index contributed by atoms with van der Waals surface area (Å²) in [7, 11) is 0. The molecule has 3 N–H and O–H groups in total. The number of ether oxygens (including phenoxy) is 1. The minimum atomic E-state index is -2.39. The Morgan fingerprint density at radius 2 is 1.84 bits per heavy atom. The molecule has 0 radical (unpaired) electrons. The Morgan fingerprint density at radius 3 is 2.45 bits per heavy atom. The molecule has 1 unspecified atom stereocenters. The molecule has 2 atom stereocenters. The molecule has 31 heavy (non-hydrogen) atoms. The molecule has 0 aliphatic carbocycles. The van der Waals surface area contributed by atoms with Gasteiger partial charge < -0.3 is 24.3 Å². The predicted molar refractivity (Wildman–Crippen MR) is 119 cm³/mol. The fourth-order valence-corrected chi connectivity index (χ4v) is 3.31. The van der Waals surface area contributed by atoms with Gasteiger partial charge in [-0.15, -0.1) is 0 Å². The van der Waals surface area contributed by atoms with Crippen LogP contribution >= 0.6 is 0 Å². The van der Waals surface area contributed by atoms with Crippen LogP contribution in [0.4, 0.5) is 10.5 Å². The minimum absolute atomic E-state index is 0.432. The van der Waals surface area contributed by atoms with Gasteiger partial charge in [-0.1, -0.05) is 42.5 Å². The van der Waals surface area contributed by atoms with Crippen molar-refractivity contribution in [3.05, 3.63) is 72.2 Å². The molecule has 0 aliphatic rings. The summed E-state index contributed by atoms with van der Waals surface area (Å²) < 4.78 is 29.3. The summed E-state index contributed by atoms with van der Waals surface area (Å²) in [6.07, 6.45) is 1.61. The number of carbonyl (C=O) groups excluding carboxylic acids is 1. The van der Waals surface area contributed by atoms with E-state index in [0.717, 1.165) is 16.8 Å². The number of anilines is 1. The molecule has 2 aromatic carbocycles. The Kier molecular flexibility index (Phi) is 7.09. The molecule has 0 spiro atoms. The van der Waals surface area contributed by atoms with Crippen LogP contribution in [0.15, 0.2) is 60.8 Å². The monoisotopic (exact) mass is 441 g/mol. The lowest BCUT2D eigenvalue weighted by molar-refractivity contribution is 0.0501. The van der Waals surface area contributed by atoms with Crippen molar-refractivity contribution < 1.29 is 18.3 Å². The average Bonchev–Trinajstić information content (AvgIpc) is 3.18. The highest BCUT2D eigenvalue weighted by atomic mass is 32.2. The van der Waals surface area contributed by atoms with Gasteiger partial charge in [0.2, 0.25) is 0 Å². The lowest BCUT2D eigenvalue weighted by Gasteiger charge is -2.23. The van der Waals surface area contributed by atoms with Gasteiger partial charge in [-0.05, 0) is 44.0 Å². The molecule has 8 nitrogen and oxygen atoms in total. The number of aromatic nitrogens is 2. The number of nitrogens with one attached hydrogen (secondary N) is 3. The summed E-state index contributed by atoms with van der Waals surface area (Å²) in [4.78, 5) is 20.2. The summed E-state index contributed by atoms with van der Waals surface area (Å²) in [5.74, 6) is 0.590. The van der Waals surface area contributed by atoms with Crippen LogP contribution in [-0.4, -0.2) is 30.4 Å². The maximum absolute atomic E-state index is 12.4. The van der Waals surface area contributed by atoms with E-state index in [4.69, 9.17) is 4.74 Å². The highest BCUT2D eigenvalue weighted by Gasteiger charge is 2.23. The van der Waals surface area contributed by atoms with Crippen LogP contribution in [0, 0.1) is 0 Å². The second kappa shape index (κ2) is 9.76. The zero-order chi connectivity index (χ0) is 22.4. The van der Waals surface area contributed by atoms with Crippen LogP contribution < -0.4 is 10.0 Å². The van der Waals surface area contributed by atoms with E-state index in [1.54, 1.807) is 51.2 Å². The number of benzene rings is 2. The summed E-state index contributed by atoms with van der Waals surface area (Å²) in [6, 6.07) is 16.2. The lowest BCUT2D eigenvalue weighted by Crippen LogP contribution is -2.36. The van der Waals surface area contributed by atoms with Gasteiger partial charge in [-0.25, -0.2) is 9.78 Å². The second-order valence-electron chi connectivity index (χ2n) is 7.98. The minimum Gasteiger partial charge on any atom is -0.755 e. The average molecular weight is 442 g/mol.